The van der Waals surface area contributed by atoms with Crippen molar-refractivity contribution in [1.82, 2.24) is 19.6 Å². The molecule has 2 heterocycles. The van der Waals surface area contributed by atoms with E-state index in [9.17, 15) is 9.59 Å². The number of carbonyl (C=O) groups is 2. The smallest absolute Gasteiger partial charge is 0.276 e. The van der Waals surface area contributed by atoms with Gasteiger partial charge < -0.3 is 23.5 Å². The Morgan fingerprint density at radius 2 is 2.03 bits per heavy atom. The van der Waals surface area contributed by atoms with E-state index in [0.29, 0.717) is 29.4 Å². The van der Waals surface area contributed by atoms with Crippen molar-refractivity contribution in [3.63, 3.8) is 0 Å². The summed E-state index contributed by atoms with van der Waals surface area (Å²) >= 11 is 0. The molecule has 0 aliphatic carbocycles. The van der Waals surface area contributed by atoms with Crippen LogP contribution in [0, 0.1) is 0 Å². The summed E-state index contributed by atoms with van der Waals surface area (Å²) in [6.07, 6.45) is 3.49. The lowest BCUT2D eigenvalue weighted by Crippen LogP contribution is -2.27. The number of nitrogens with zero attached hydrogens (tertiary/aromatic N) is 4. The van der Waals surface area contributed by atoms with Crippen molar-refractivity contribution in [2.75, 3.05) is 14.2 Å². The van der Waals surface area contributed by atoms with Crippen molar-refractivity contribution in [3.8, 4) is 11.5 Å². The number of hydrogen-bond acceptors (Lipinski definition) is 7. The van der Waals surface area contributed by atoms with Gasteiger partial charge in [0.2, 0.25) is 0 Å². The maximum Gasteiger partial charge on any atom is 0.276 e. The minimum absolute atomic E-state index is 0.0547. The van der Waals surface area contributed by atoms with Crippen molar-refractivity contribution in [1.29, 1.82) is 0 Å². The second kappa shape index (κ2) is 8.59. The van der Waals surface area contributed by atoms with Gasteiger partial charge in [-0.2, -0.15) is 0 Å². The first-order valence-electron chi connectivity index (χ1n) is 8.88. The highest BCUT2D eigenvalue weighted by Gasteiger charge is 2.19. The van der Waals surface area contributed by atoms with E-state index in [0.717, 1.165) is 5.82 Å². The number of aromatic nitrogens is 3. The molecule has 0 aliphatic rings. The Balaban J connectivity index is 1.64. The number of ketones is 1. The molecular weight excluding hydrogens is 376 g/mol. The van der Waals surface area contributed by atoms with E-state index in [2.05, 4.69) is 10.1 Å². The molecule has 9 heteroatoms. The van der Waals surface area contributed by atoms with Gasteiger partial charge in [0.25, 0.3) is 5.91 Å². The number of aryl methyl sites for hydroxylation is 1. The van der Waals surface area contributed by atoms with Crippen LogP contribution in [-0.4, -0.2) is 45.5 Å². The van der Waals surface area contributed by atoms with Crippen molar-refractivity contribution in [2.45, 2.75) is 20.1 Å². The molecule has 0 N–H and O–H groups in total. The van der Waals surface area contributed by atoms with Crippen LogP contribution >= 0.6 is 0 Å². The van der Waals surface area contributed by atoms with Gasteiger partial charge in [-0.05, 0) is 25.1 Å². The Kier molecular flexibility index (Phi) is 5.96. The molecule has 3 rings (SSSR count). The first-order chi connectivity index (χ1) is 13.9. The lowest BCUT2D eigenvalue weighted by Gasteiger charge is -2.14. The number of methoxy groups -OCH3 is 1. The lowest BCUT2D eigenvalue weighted by molar-refractivity contribution is 0.0769. The first-order valence-corrected chi connectivity index (χ1v) is 8.88. The fraction of sp³-hybridized carbons (Fsp3) is 0.300. The molecule has 1 amide bonds. The minimum atomic E-state index is -0.286. The summed E-state index contributed by atoms with van der Waals surface area (Å²) < 4.78 is 18.0. The maximum atomic E-state index is 12.5. The van der Waals surface area contributed by atoms with E-state index in [1.165, 1.54) is 25.0 Å². The number of hydrogen-bond donors (Lipinski definition) is 0. The van der Waals surface area contributed by atoms with Crippen LogP contribution < -0.4 is 9.47 Å². The molecule has 9 nitrogen and oxygen atoms in total. The maximum absolute atomic E-state index is 12.5. The molecule has 3 aromatic rings. The van der Waals surface area contributed by atoms with Crippen LogP contribution in [0.2, 0.25) is 0 Å². The molecule has 2 aromatic heterocycles. The van der Waals surface area contributed by atoms with Crippen LogP contribution in [0.5, 0.6) is 11.5 Å². The van der Waals surface area contributed by atoms with Gasteiger partial charge in [-0.3, -0.25) is 9.59 Å². The normalized spacial score (nSPS) is 10.6. The van der Waals surface area contributed by atoms with Crippen molar-refractivity contribution in [3.05, 3.63) is 59.5 Å². The highest BCUT2D eigenvalue weighted by molar-refractivity contribution is 5.94. The van der Waals surface area contributed by atoms with Crippen LogP contribution in [0.3, 0.4) is 0 Å². The molecule has 0 unspecified atom stereocenters. The van der Waals surface area contributed by atoms with Gasteiger partial charge in [0.05, 0.1) is 13.7 Å². The van der Waals surface area contributed by atoms with E-state index in [4.69, 9.17) is 14.0 Å². The predicted octanol–water partition coefficient (Wildman–Crippen LogP) is 2.47. The predicted molar refractivity (Wildman–Crippen MR) is 103 cm³/mol. The molecule has 0 fully saturated rings. The average Bonchev–Trinajstić information content (AvgIpc) is 3.34. The molecule has 152 valence electrons. The summed E-state index contributed by atoms with van der Waals surface area (Å²) in [6, 6.07) is 6.45. The average molecular weight is 398 g/mol. The molecular formula is C20H22N4O5. The summed E-state index contributed by atoms with van der Waals surface area (Å²) in [5, 5.41) is 3.83. The van der Waals surface area contributed by atoms with Crippen molar-refractivity contribution >= 4 is 11.7 Å². The molecule has 0 spiro atoms. The van der Waals surface area contributed by atoms with Gasteiger partial charge in [-0.15, -0.1) is 0 Å². The molecule has 0 bridgehead atoms. The molecule has 0 saturated heterocycles. The van der Waals surface area contributed by atoms with Crippen molar-refractivity contribution in [2.24, 2.45) is 7.05 Å². The van der Waals surface area contributed by atoms with Crippen LogP contribution in [0.1, 0.15) is 39.4 Å². The Morgan fingerprint density at radius 1 is 1.24 bits per heavy atom. The number of ether oxygens (including phenoxy) is 2. The summed E-state index contributed by atoms with van der Waals surface area (Å²) in [4.78, 5) is 29.7. The van der Waals surface area contributed by atoms with Crippen LogP contribution in [0.25, 0.3) is 0 Å². The molecule has 0 aliphatic heterocycles. The monoisotopic (exact) mass is 398 g/mol. The summed E-state index contributed by atoms with van der Waals surface area (Å²) in [5.41, 5.74) is 0.705. The second-order valence-electron chi connectivity index (χ2n) is 6.50. The Morgan fingerprint density at radius 3 is 2.69 bits per heavy atom. The standard InChI is InChI=1S/C20H22N4O5/c1-13(25)14-5-6-17(18(9-14)27-4)28-12-15-10-16(22-29-15)20(26)24(3)11-19-21-7-8-23(19)2/h5-10H,11-12H2,1-4H3. The highest BCUT2D eigenvalue weighted by atomic mass is 16.5. The van der Waals surface area contributed by atoms with Crippen LogP contribution in [0.4, 0.5) is 0 Å². The fourth-order valence-electron chi connectivity index (χ4n) is 2.66. The van der Waals surface area contributed by atoms with E-state index in [1.54, 1.807) is 31.4 Å². The zero-order chi connectivity index (χ0) is 21.0. The molecule has 0 radical (unpaired) electrons. The minimum Gasteiger partial charge on any atom is -0.493 e. The van der Waals surface area contributed by atoms with Crippen LogP contribution in [-0.2, 0) is 20.2 Å². The van der Waals surface area contributed by atoms with E-state index in [-0.39, 0.29) is 24.0 Å². The van der Waals surface area contributed by atoms with Gasteiger partial charge in [0.15, 0.2) is 28.7 Å². The number of carbonyl (C=O) groups excluding carboxylic acids is 2. The Hall–Kier alpha value is -3.62. The summed E-state index contributed by atoms with van der Waals surface area (Å²) in [5.74, 6) is 1.68. The van der Waals surface area contributed by atoms with Gasteiger partial charge in [-0.25, -0.2) is 4.98 Å². The summed E-state index contributed by atoms with van der Waals surface area (Å²) in [7, 11) is 5.03. The quantitative estimate of drug-likeness (QED) is 0.537. The van der Waals surface area contributed by atoms with E-state index < -0.39 is 0 Å². The lowest BCUT2D eigenvalue weighted by atomic mass is 10.1. The number of rotatable bonds is 8. The molecule has 0 saturated carbocycles. The van der Waals surface area contributed by atoms with E-state index >= 15 is 0 Å². The van der Waals surface area contributed by atoms with Crippen molar-refractivity contribution < 1.29 is 23.6 Å². The zero-order valence-corrected chi connectivity index (χ0v) is 16.7. The Bertz CT molecular complexity index is 1020. The van der Waals surface area contributed by atoms with Gasteiger partial charge in [0, 0.05) is 38.1 Å². The van der Waals surface area contributed by atoms with Crippen LogP contribution in [0.15, 0.2) is 41.2 Å². The zero-order valence-electron chi connectivity index (χ0n) is 16.7. The molecule has 1 aromatic carbocycles. The molecule has 0 atom stereocenters. The number of benzene rings is 1. The number of imidazole rings is 1. The Labute approximate surface area is 167 Å². The second-order valence-corrected chi connectivity index (χ2v) is 6.50. The topological polar surface area (TPSA) is 99.7 Å². The third kappa shape index (κ3) is 4.63. The number of Topliss-reactive ketones (excluding diaryl/α,β-unsaturated/α-hetero) is 1. The largest absolute Gasteiger partial charge is 0.493 e. The third-order valence-electron chi connectivity index (χ3n) is 4.36. The highest BCUT2D eigenvalue weighted by Crippen LogP contribution is 2.29. The van der Waals surface area contributed by atoms with Gasteiger partial charge >= 0.3 is 0 Å². The fourth-order valence-corrected chi connectivity index (χ4v) is 2.66. The van der Waals surface area contributed by atoms with Gasteiger partial charge in [0.1, 0.15) is 12.4 Å². The summed E-state index contributed by atoms with van der Waals surface area (Å²) in [6.45, 7) is 1.88. The third-order valence-corrected chi connectivity index (χ3v) is 4.36. The SMILES string of the molecule is COc1cc(C(C)=O)ccc1OCc1cc(C(=O)N(C)Cc2nccn2C)no1. The number of amides is 1. The molecule has 29 heavy (non-hydrogen) atoms. The van der Waals surface area contributed by atoms with E-state index in [1.807, 2.05) is 17.8 Å². The van der Waals surface area contributed by atoms with Gasteiger partial charge in [-0.1, -0.05) is 5.16 Å². The first kappa shape index (κ1) is 20.1.